The van der Waals surface area contributed by atoms with Crippen molar-refractivity contribution in [3.8, 4) is 11.4 Å². The second-order valence-electron chi connectivity index (χ2n) is 6.73. The number of nitrogens with zero attached hydrogens (tertiary/aromatic N) is 3. The van der Waals surface area contributed by atoms with Crippen LogP contribution in [0.25, 0.3) is 11.4 Å². The van der Waals surface area contributed by atoms with E-state index in [9.17, 15) is 4.79 Å². The second-order valence-corrected chi connectivity index (χ2v) is 7.71. The molecule has 1 aliphatic carbocycles. The molecular weight excluding hydrogens is 344 g/mol. The van der Waals surface area contributed by atoms with Crippen LogP contribution in [0, 0.1) is 6.92 Å². The van der Waals surface area contributed by atoms with E-state index in [-0.39, 0.29) is 11.8 Å². The van der Waals surface area contributed by atoms with Gasteiger partial charge in [-0.1, -0.05) is 30.3 Å². The standard InChI is InChI=1S/C20H18N4OS/c1-12-6-2-3-7-13(12)19-22-20-21-14-8-4-9-15(25)17(14)18(24(20)23-19)16-10-5-11-26-16/h2-3,5-7,10-11,18H,4,8-9H2,1H3,(H,21,22,23). The number of aryl methyl sites for hydroxylation is 1. The maximum atomic E-state index is 12.7. The summed E-state index contributed by atoms with van der Waals surface area (Å²) in [7, 11) is 0. The molecule has 26 heavy (non-hydrogen) atoms. The maximum Gasteiger partial charge on any atom is 0.226 e. The van der Waals surface area contributed by atoms with Gasteiger partial charge in [-0.25, -0.2) is 4.68 Å². The van der Waals surface area contributed by atoms with E-state index in [1.54, 1.807) is 11.3 Å². The summed E-state index contributed by atoms with van der Waals surface area (Å²) < 4.78 is 1.88. The number of aromatic nitrogens is 3. The molecule has 0 radical (unpaired) electrons. The molecule has 1 N–H and O–H groups in total. The van der Waals surface area contributed by atoms with Crippen molar-refractivity contribution in [1.29, 1.82) is 0 Å². The Bertz CT molecular complexity index is 1030. The monoisotopic (exact) mass is 362 g/mol. The topological polar surface area (TPSA) is 59.8 Å². The zero-order valence-electron chi connectivity index (χ0n) is 14.4. The van der Waals surface area contributed by atoms with Gasteiger partial charge in [-0.15, -0.1) is 16.4 Å². The summed E-state index contributed by atoms with van der Waals surface area (Å²) in [6, 6.07) is 12.0. The third-order valence-corrected chi connectivity index (χ3v) is 5.99. The third-order valence-electron chi connectivity index (χ3n) is 5.07. The Morgan fingerprint density at radius 2 is 2.08 bits per heavy atom. The lowest BCUT2D eigenvalue weighted by Gasteiger charge is -2.31. The summed E-state index contributed by atoms with van der Waals surface area (Å²) >= 11 is 1.66. The average molecular weight is 362 g/mol. The number of nitrogens with one attached hydrogen (secondary N) is 1. The molecule has 3 heterocycles. The summed E-state index contributed by atoms with van der Waals surface area (Å²) in [6.45, 7) is 2.06. The highest BCUT2D eigenvalue weighted by atomic mass is 32.1. The van der Waals surface area contributed by atoms with Gasteiger partial charge < -0.3 is 5.32 Å². The van der Waals surface area contributed by atoms with Gasteiger partial charge in [0, 0.05) is 28.1 Å². The molecule has 0 amide bonds. The van der Waals surface area contributed by atoms with Gasteiger partial charge >= 0.3 is 0 Å². The van der Waals surface area contributed by atoms with E-state index < -0.39 is 0 Å². The Balaban J connectivity index is 1.69. The summed E-state index contributed by atoms with van der Waals surface area (Å²) in [4.78, 5) is 18.6. The normalized spacial score (nSPS) is 19.1. The quantitative estimate of drug-likeness (QED) is 0.737. The zero-order chi connectivity index (χ0) is 17.7. The fourth-order valence-corrected chi connectivity index (χ4v) is 4.62. The highest BCUT2D eigenvalue weighted by Crippen LogP contribution is 2.41. The minimum atomic E-state index is -0.181. The van der Waals surface area contributed by atoms with Gasteiger partial charge in [-0.2, -0.15) is 4.98 Å². The molecule has 0 saturated carbocycles. The van der Waals surface area contributed by atoms with Crippen molar-refractivity contribution in [3.63, 3.8) is 0 Å². The van der Waals surface area contributed by atoms with Gasteiger partial charge in [-0.05, 0) is 36.8 Å². The molecule has 6 heteroatoms. The van der Waals surface area contributed by atoms with Crippen LogP contribution in [0.4, 0.5) is 5.95 Å². The van der Waals surface area contributed by atoms with Gasteiger partial charge in [0.25, 0.3) is 0 Å². The van der Waals surface area contributed by atoms with Crippen LogP contribution in [-0.4, -0.2) is 20.5 Å². The number of rotatable bonds is 2. The van der Waals surface area contributed by atoms with Crippen LogP contribution in [0.3, 0.4) is 0 Å². The molecule has 3 aromatic rings. The second kappa shape index (κ2) is 5.92. The van der Waals surface area contributed by atoms with Crippen molar-refractivity contribution in [2.75, 3.05) is 5.32 Å². The van der Waals surface area contributed by atoms with Crippen molar-refractivity contribution in [1.82, 2.24) is 14.8 Å². The molecule has 1 atom stereocenters. The van der Waals surface area contributed by atoms with E-state index in [0.717, 1.165) is 46.1 Å². The molecule has 2 aliphatic rings. The van der Waals surface area contributed by atoms with Crippen molar-refractivity contribution in [2.45, 2.75) is 32.2 Å². The lowest BCUT2D eigenvalue weighted by Crippen LogP contribution is -2.31. The fraction of sp³-hybridized carbons (Fsp3) is 0.250. The average Bonchev–Trinajstić information content (AvgIpc) is 3.30. The predicted octanol–water partition coefficient (Wildman–Crippen LogP) is 4.34. The molecule has 2 aromatic heterocycles. The van der Waals surface area contributed by atoms with Gasteiger partial charge in [0.1, 0.15) is 6.04 Å². The SMILES string of the molecule is Cc1ccccc1-c1nc2n(n1)C(c1cccs1)C1=C(CCCC1=O)N2. The van der Waals surface area contributed by atoms with Crippen molar-refractivity contribution in [3.05, 3.63) is 63.5 Å². The predicted molar refractivity (Wildman–Crippen MR) is 102 cm³/mol. The number of benzene rings is 1. The molecule has 130 valence electrons. The lowest BCUT2D eigenvalue weighted by atomic mass is 9.88. The van der Waals surface area contributed by atoms with Gasteiger partial charge in [-0.3, -0.25) is 4.79 Å². The number of hydrogen-bond acceptors (Lipinski definition) is 5. The summed E-state index contributed by atoms with van der Waals surface area (Å²) in [5.41, 5.74) is 4.02. The maximum absolute atomic E-state index is 12.7. The van der Waals surface area contributed by atoms with Crippen molar-refractivity contribution >= 4 is 23.1 Å². The number of ketones is 1. The van der Waals surface area contributed by atoms with E-state index in [0.29, 0.717) is 12.2 Å². The van der Waals surface area contributed by atoms with E-state index in [2.05, 4.69) is 24.4 Å². The highest BCUT2D eigenvalue weighted by molar-refractivity contribution is 7.10. The van der Waals surface area contributed by atoms with Crippen LogP contribution in [0.15, 0.2) is 53.0 Å². The van der Waals surface area contributed by atoms with Crippen LogP contribution < -0.4 is 5.32 Å². The molecule has 0 fully saturated rings. The Labute approximate surface area is 155 Å². The van der Waals surface area contributed by atoms with E-state index in [4.69, 9.17) is 10.1 Å². The Morgan fingerprint density at radius 1 is 1.19 bits per heavy atom. The molecule has 1 aliphatic heterocycles. The van der Waals surface area contributed by atoms with Crippen molar-refractivity contribution in [2.24, 2.45) is 0 Å². The Kier molecular flexibility index (Phi) is 3.53. The number of fused-ring (bicyclic) bond motifs is 1. The Hall–Kier alpha value is -2.73. The third kappa shape index (κ3) is 2.33. The van der Waals surface area contributed by atoms with Gasteiger partial charge in [0.15, 0.2) is 11.6 Å². The molecule has 1 unspecified atom stereocenters. The van der Waals surface area contributed by atoms with Crippen LogP contribution in [0.1, 0.15) is 35.7 Å². The molecular formula is C20H18N4OS. The number of carbonyl (C=O) groups is 1. The first-order chi connectivity index (χ1) is 12.7. The number of thiophene rings is 1. The van der Waals surface area contributed by atoms with Crippen LogP contribution >= 0.6 is 11.3 Å². The Morgan fingerprint density at radius 3 is 2.88 bits per heavy atom. The summed E-state index contributed by atoms with van der Waals surface area (Å²) in [6.07, 6.45) is 2.38. The number of carbonyl (C=O) groups excluding carboxylic acids is 1. The minimum Gasteiger partial charge on any atom is -0.328 e. The first-order valence-electron chi connectivity index (χ1n) is 8.81. The van der Waals surface area contributed by atoms with Gasteiger partial charge in [0.2, 0.25) is 5.95 Å². The van der Waals surface area contributed by atoms with Crippen molar-refractivity contribution < 1.29 is 4.79 Å². The molecule has 0 bridgehead atoms. The number of Topliss-reactive ketones (excluding diaryl/α,β-unsaturated/α-hetero) is 1. The van der Waals surface area contributed by atoms with Crippen LogP contribution in [0.5, 0.6) is 0 Å². The van der Waals surface area contributed by atoms with E-state index >= 15 is 0 Å². The highest BCUT2D eigenvalue weighted by Gasteiger charge is 2.37. The molecule has 5 rings (SSSR count). The smallest absolute Gasteiger partial charge is 0.226 e. The van der Waals surface area contributed by atoms with E-state index in [1.165, 1.54) is 0 Å². The molecule has 1 aromatic carbocycles. The lowest BCUT2D eigenvalue weighted by molar-refractivity contribution is -0.116. The zero-order valence-corrected chi connectivity index (χ0v) is 15.2. The first-order valence-corrected chi connectivity index (χ1v) is 9.69. The fourth-order valence-electron chi connectivity index (χ4n) is 3.80. The first kappa shape index (κ1) is 15.5. The van der Waals surface area contributed by atoms with Crippen LogP contribution in [0.2, 0.25) is 0 Å². The van der Waals surface area contributed by atoms with Gasteiger partial charge in [0.05, 0.1) is 0 Å². The minimum absolute atomic E-state index is 0.181. The number of hydrogen-bond donors (Lipinski definition) is 1. The molecule has 0 saturated heterocycles. The number of anilines is 1. The summed E-state index contributed by atoms with van der Waals surface area (Å²) in [5, 5.41) is 10.2. The summed E-state index contributed by atoms with van der Waals surface area (Å²) in [5.74, 6) is 1.63. The number of allylic oxidation sites excluding steroid dienone is 2. The van der Waals surface area contributed by atoms with E-state index in [1.807, 2.05) is 34.3 Å². The largest absolute Gasteiger partial charge is 0.328 e. The molecule has 5 nitrogen and oxygen atoms in total. The van der Waals surface area contributed by atoms with Crippen LogP contribution in [-0.2, 0) is 4.79 Å². The molecule has 0 spiro atoms.